The molecule has 0 aliphatic carbocycles. The van der Waals surface area contributed by atoms with Crippen LogP contribution in [0.25, 0.3) is 0 Å². The Morgan fingerprint density at radius 3 is 2.74 bits per heavy atom. The molecule has 0 aliphatic rings. The van der Waals surface area contributed by atoms with Crippen molar-refractivity contribution in [2.75, 3.05) is 33.5 Å². The van der Waals surface area contributed by atoms with Gasteiger partial charge >= 0.3 is 0 Å². The predicted octanol–water partition coefficient (Wildman–Crippen LogP) is 0.636. The van der Waals surface area contributed by atoms with E-state index < -0.39 is 10.0 Å². The molecule has 1 aromatic rings. The van der Waals surface area contributed by atoms with E-state index in [4.69, 9.17) is 26.2 Å². The first-order valence-electron chi connectivity index (χ1n) is 5.53. The van der Waals surface area contributed by atoms with Crippen LogP contribution in [0.3, 0.4) is 0 Å². The molecular formula is C11H16ClNO5S. The summed E-state index contributed by atoms with van der Waals surface area (Å²) >= 11 is 5.77. The van der Waals surface area contributed by atoms with Crippen LogP contribution >= 0.6 is 11.6 Å². The number of nitrogens with one attached hydrogen (secondary N) is 1. The Morgan fingerprint density at radius 1 is 1.37 bits per heavy atom. The lowest BCUT2D eigenvalue weighted by atomic mass is 10.3. The second-order valence-corrected chi connectivity index (χ2v) is 5.70. The Hall–Kier alpha value is -0.860. The zero-order valence-corrected chi connectivity index (χ0v) is 12.0. The molecule has 8 heteroatoms. The largest absolute Gasteiger partial charge is 0.495 e. The summed E-state index contributed by atoms with van der Waals surface area (Å²) in [6.07, 6.45) is 0. The molecule has 2 N–H and O–H groups in total. The zero-order chi connectivity index (χ0) is 14.3. The molecule has 0 aliphatic heterocycles. The molecule has 0 unspecified atom stereocenters. The topological polar surface area (TPSA) is 84.9 Å². The SMILES string of the molecule is COc1cc(Cl)ccc1S(=O)(=O)NCCOCCO. The third-order valence-electron chi connectivity index (χ3n) is 2.19. The number of benzene rings is 1. The average Bonchev–Trinajstić information content (AvgIpc) is 2.38. The van der Waals surface area contributed by atoms with Crippen LogP contribution in [-0.2, 0) is 14.8 Å². The Kier molecular flexibility index (Phi) is 6.53. The molecule has 0 aromatic heterocycles. The van der Waals surface area contributed by atoms with Crippen molar-refractivity contribution in [2.24, 2.45) is 0 Å². The number of rotatable bonds is 8. The smallest absolute Gasteiger partial charge is 0.244 e. The Balaban J connectivity index is 2.72. The number of aliphatic hydroxyl groups is 1. The summed E-state index contributed by atoms with van der Waals surface area (Å²) in [5, 5.41) is 8.90. The van der Waals surface area contributed by atoms with Gasteiger partial charge < -0.3 is 14.6 Å². The number of methoxy groups -OCH3 is 1. The van der Waals surface area contributed by atoms with E-state index in [1.807, 2.05) is 0 Å². The second-order valence-electron chi connectivity index (χ2n) is 3.53. The molecular weight excluding hydrogens is 294 g/mol. The monoisotopic (exact) mass is 309 g/mol. The van der Waals surface area contributed by atoms with Crippen LogP contribution < -0.4 is 9.46 Å². The Bertz CT molecular complexity index is 506. The van der Waals surface area contributed by atoms with E-state index in [9.17, 15) is 8.42 Å². The number of aliphatic hydroxyl groups excluding tert-OH is 1. The number of ether oxygens (including phenoxy) is 2. The summed E-state index contributed by atoms with van der Waals surface area (Å²) in [7, 11) is -2.31. The molecule has 0 amide bonds. The molecule has 0 atom stereocenters. The lowest BCUT2D eigenvalue weighted by Crippen LogP contribution is -2.28. The lowest BCUT2D eigenvalue weighted by molar-refractivity contribution is 0.0961. The molecule has 1 aromatic carbocycles. The van der Waals surface area contributed by atoms with Gasteiger partial charge in [0.25, 0.3) is 0 Å². The third-order valence-corrected chi connectivity index (χ3v) is 3.92. The van der Waals surface area contributed by atoms with Gasteiger partial charge in [-0.15, -0.1) is 0 Å². The molecule has 6 nitrogen and oxygen atoms in total. The van der Waals surface area contributed by atoms with Crippen molar-refractivity contribution in [1.82, 2.24) is 4.72 Å². The van der Waals surface area contributed by atoms with Crippen LogP contribution in [0.4, 0.5) is 0 Å². The second kappa shape index (κ2) is 7.66. The van der Waals surface area contributed by atoms with Gasteiger partial charge in [0.05, 0.1) is 26.9 Å². The van der Waals surface area contributed by atoms with Crippen molar-refractivity contribution in [1.29, 1.82) is 0 Å². The zero-order valence-electron chi connectivity index (χ0n) is 10.4. The normalized spacial score (nSPS) is 11.5. The maximum Gasteiger partial charge on any atom is 0.244 e. The van der Waals surface area contributed by atoms with E-state index in [1.165, 1.54) is 25.3 Å². The van der Waals surface area contributed by atoms with Crippen LogP contribution in [0, 0.1) is 0 Å². The highest BCUT2D eigenvalue weighted by atomic mass is 35.5. The van der Waals surface area contributed by atoms with Crippen molar-refractivity contribution in [2.45, 2.75) is 4.90 Å². The van der Waals surface area contributed by atoms with Gasteiger partial charge in [-0.1, -0.05) is 11.6 Å². The van der Waals surface area contributed by atoms with Crippen molar-refractivity contribution >= 4 is 21.6 Å². The molecule has 0 heterocycles. The number of hydrogen-bond acceptors (Lipinski definition) is 5. The molecule has 0 radical (unpaired) electrons. The van der Waals surface area contributed by atoms with Crippen molar-refractivity contribution < 1.29 is 23.0 Å². The van der Waals surface area contributed by atoms with E-state index in [1.54, 1.807) is 0 Å². The van der Waals surface area contributed by atoms with Crippen LogP contribution in [0.2, 0.25) is 5.02 Å². The van der Waals surface area contributed by atoms with Crippen molar-refractivity contribution in [3.8, 4) is 5.75 Å². The van der Waals surface area contributed by atoms with Crippen LogP contribution in [0.15, 0.2) is 23.1 Å². The summed E-state index contributed by atoms with van der Waals surface area (Å²) in [5.74, 6) is 0.177. The fraction of sp³-hybridized carbons (Fsp3) is 0.455. The molecule has 19 heavy (non-hydrogen) atoms. The molecule has 0 bridgehead atoms. The van der Waals surface area contributed by atoms with Crippen molar-refractivity contribution in [3.05, 3.63) is 23.2 Å². The first-order chi connectivity index (χ1) is 9.01. The number of sulfonamides is 1. The van der Waals surface area contributed by atoms with Gasteiger partial charge in [0, 0.05) is 17.6 Å². The third kappa shape index (κ3) is 4.96. The average molecular weight is 310 g/mol. The molecule has 1 rings (SSSR count). The molecule has 108 valence electrons. The van der Waals surface area contributed by atoms with E-state index >= 15 is 0 Å². The fourth-order valence-corrected chi connectivity index (χ4v) is 2.68. The van der Waals surface area contributed by atoms with E-state index in [0.717, 1.165) is 0 Å². The van der Waals surface area contributed by atoms with E-state index in [0.29, 0.717) is 5.02 Å². The van der Waals surface area contributed by atoms with E-state index in [2.05, 4.69) is 4.72 Å². The summed E-state index contributed by atoms with van der Waals surface area (Å²) in [6, 6.07) is 4.28. The predicted molar refractivity (Wildman–Crippen MR) is 71.1 cm³/mol. The van der Waals surface area contributed by atoms with Gasteiger partial charge in [-0.05, 0) is 12.1 Å². The number of halogens is 1. The summed E-state index contributed by atoms with van der Waals surface area (Å²) in [6.45, 7) is 0.355. The first kappa shape index (κ1) is 16.2. The van der Waals surface area contributed by atoms with Gasteiger partial charge in [-0.25, -0.2) is 13.1 Å². The lowest BCUT2D eigenvalue weighted by Gasteiger charge is -2.11. The van der Waals surface area contributed by atoms with Crippen molar-refractivity contribution in [3.63, 3.8) is 0 Å². The maximum atomic E-state index is 12.0. The molecule has 0 spiro atoms. The van der Waals surface area contributed by atoms with Crippen LogP contribution in [0.1, 0.15) is 0 Å². The van der Waals surface area contributed by atoms with Gasteiger partial charge in [0.1, 0.15) is 10.6 Å². The van der Waals surface area contributed by atoms with Gasteiger partial charge in [-0.2, -0.15) is 0 Å². The number of hydrogen-bond donors (Lipinski definition) is 2. The van der Waals surface area contributed by atoms with Gasteiger partial charge in [-0.3, -0.25) is 0 Å². The summed E-state index contributed by atoms with van der Waals surface area (Å²) in [5.41, 5.74) is 0. The quantitative estimate of drug-likeness (QED) is 0.688. The highest BCUT2D eigenvalue weighted by Crippen LogP contribution is 2.26. The fourth-order valence-electron chi connectivity index (χ4n) is 1.36. The minimum Gasteiger partial charge on any atom is -0.495 e. The standard InChI is InChI=1S/C11H16ClNO5S/c1-17-10-8-9(12)2-3-11(10)19(15,16)13-4-6-18-7-5-14/h2-3,8,13-14H,4-7H2,1H3. The van der Waals surface area contributed by atoms with Gasteiger partial charge in [0.15, 0.2) is 0 Å². The summed E-state index contributed by atoms with van der Waals surface area (Å²) < 4.78 is 36.4. The van der Waals surface area contributed by atoms with Crippen LogP contribution in [-0.4, -0.2) is 47.0 Å². The highest BCUT2D eigenvalue weighted by Gasteiger charge is 2.19. The molecule has 0 saturated heterocycles. The minimum atomic E-state index is -3.68. The highest BCUT2D eigenvalue weighted by molar-refractivity contribution is 7.89. The van der Waals surface area contributed by atoms with Crippen LogP contribution in [0.5, 0.6) is 5.75 Å². The Morgan fingerprint density at radius 2 is 2.11 bits per heavy atom. The maximum absolute atomic E-state index is 12.0. The van der Waals surface area contributed by atoms with E-state index in [-0.39, 0.29) is 37.0 Å². The molecule has 0 fully saturated rings. The Labute approximate surface area is 117 Å². The minimum absolute atomic E-state index is 0.0153. The molecule has 0 saturated carbocycles. The first-order valence-corrected chi connectivity index (χ1v) is 7.39. The van der Waals surface area contributed by atoms with Gasteiger partial charge in [0.2, 0.25) is 10.0 Å². The summed E-state index contributed by atoms with van der Waals surface area (Å²) in [4.78, 5) is 0.0153.